The van der Waals surface area contributed by atoms with E-state index in [0.717, 1.165) is 18.5 Å². The van der Waals surface area contributed by atoms with Crippen molar-refractivity contribution in [1.29, 1.82) is 0 Å². The third-order valence-electron chi connectivity index (χ3n) is 8.13. The lowest BCUT2D eigenvalue weighted by Gasteiger charge is -2.66. The monoisotopic (exact) mass is 419 g/mol. The van der Waals surface area contributed by atoms with Crippen LogP contribution in [0, 0.1) is 0 Å². The molecule has 5 aliphatic rings. The molecule has 8 nitrogen and oxygen atoms in total. The number of piperidine rings is 1. The molecule has 6 rings (SSSR count). The fourth-order valence-electron chi connectivity index (χ4n) is 7.03. The summed E-state index contributed by atoms with van der Waals surface area (Å²) in [6, 6.07) is 3.94. The van der Waals surface area contributed by atoms with Crippen molar-refractivity contribution in [1.82, 2.24) is 4.90 Å². The Labute approximate surface area is 175 Å². The molecular formula is C22H29NO7. The van der Waals surface area contributed by atoms with Crippen LogP contribution in [0.15, 0.2) is 12.1 Å². The highest BCUT2D eigenvalue weighted by Crippen LogP contribution is 2.68. The number of ether oxygens (including phenoxy) is 5. The van der Waals surface area contributed by atoms with Gasteiger partial charge in [-0.1, -0.05) is 6.07 Å². The Morgan fingerprint density at radius 3 is 2.97 bits per heavy atom. The number of likely N-dealkylation sites (tertiary alicyclic amines) is 1. The number of fused-ring (bicyclic) bond motifs is 3. The van der Waals surface area contributed by atoms with Gasteiger partial charge >= 0.3 is 0 Å². The molecule has 2 N–H and O–H groups in total. The predicted molar refractivity (Wildman–Crippen MR) is 105 cm³/mol. The van der Waals surface area contributed by atoms with Crippen LogP contribution in [0.5, 0.6) is 11.5 Å². The van der Waals surface area contributed by atoms with Crippen molar-refractivity contribution in [3.63, 3.8) is 0 Å². The molecule has 1 aromatic rings. The van der Waals surface area contributed by atoms with Gasteiger partial charge in [-0.05, 0) is 38.1 Å². The number of rotatable bonds is 4. The minimum absolute atomic E-state index is 0.0943. The van der Waals surface area contributed by atoms with Crippen molar-refractivity contribution in [3.8, 4) is 11.5 Å². The van der Waals surface area contributed by atoms with Gasteiger partial charge in [0, 0.05) is 18.0 Å². The molecule has 3 aliphatic heterocycles. The van der Waals surface area contributed by atoms with Gasteiger partial charge in [-0.2, -0.15) is 0 Å². The summed E-state index contributed by atoms with van der Waals surface area (Å²) in [5.74, 6) is 0.237. The highest BCUT2D eigenvalue weighted by atomic mass is 16.7. The molecular weight excluding hydrogens is 390 g/mol. The first-order chi connectivity index (χ1) is 14.5. The lowest BCUT2D eigenvalue weighted by Crippen LogP contribution is -2.83. The molecule has 1 spiro atoms. The van der Waals surface area contributed by atoms with E-state index in [9.17, 15) is 10.2 Å². The van der Waals surface area contributed by atoms with Crippen molar-refractivity contribution >= 4 is 0 Å². The van der Waals surface area contributed by atoms with E-state index in [1.54, 1.807) is 7.11 Å². The van der Waals surface area contributed by atoms with Gasteiger partial charge in [0.15, 0.2) is 17.6 Å². The van der Waals surface area contributed by atoms with Crippen LogP contribution in [0.1, 0.15) is 24.0 Å². The maximum absolute atomic E-state index is 12.6. The van der Waals surface area contributed by atoms with Crippen LogP contribution in [0.4, 0.5) is 0 Å². The van der Waals surface area contributed by atoms with Gasteiger partial charge in [-0.25, -0.2) is 0 Å². The number of methoxy groups -OCH3 is 1. The van der Waals surface area contributed by atoms with E-state index in [-0.39, 0.29) is 19.3 Å². The molecule has 164 valence electrons. The van der Waals surface area contributed by atoms with Gasteiger partial charge in [-0.15, -0.1) is 0 Å². The highest BCUT2D eigenvalue weighted by Gasteiger charge is 2.80. The van der Waals surface area contributed by atoms with Crippen LogP contribution in [0.2, 0.25) is 0 Å². The molecule has 0 aromatic heterocycles. The molecule has 30 heavy (non-hydrogen) atoms. The summed E-state index contributed by atoms with van der Waals surface area (Å²) in [5, 5.41) is 22.1. The fourth-order valence-corrected chi connectivity index (χ4v) is 7.03. The Kier molecular flexibility index (Phi) is 4.05. The fraction of sp³-hybridized carbons (Fsp3) is 0.727. The number of likely N-dealkylation sites (N-methyl/N-ethyl adjacent to an activating group) is 1. The first-order valence-corrected chi connectivity index (χ1v) is 10.8. The van der Waals surface area contributed by atoms with Crippen molar-refractivity contribution in [2.75, 3.05) is 47.1 Å². The molecule has 6 atom stereocenters. The van der Waals surface area contributed by atoms with E-state index in [1.165, 1.54) is 5.56 Å². The molecule has 1 saturated carbocycles. The van der Waals surface area contributed by atoms with Gasteiger partial charge < -0.3 is 38.8 Å². The van der Waals surface area contributed by atoms with E-state index in [2.05, 4.69) is 18.0 Å². The van der Waals surface area contributed by atoms with Gasteiger partial charge in [0.2, 0.25) is 5.79 Å². The van der Waals surface area contributed by atoms with Crippen LogP contribution >= 0.6 is 0 Å². The van der Waals surface area contributed by atoms with Gasteiger partial charge in [0.05, 0.1) is 45.1 Å². The molecule has 3 fully saturated rings. The van der Waals surface area contributed by atoms with Crippen LogP contribution < -0.4 is 9.47 Å². The maximum atomic E-state index is 12.6. The summed E-state index contributed by atoms with van der Waals surface area (Å²) in [7, 11) is 3.71. The summed E-state index contributed by atoms with van der Waals surface area (Å²) < 4.78 is 31.1. The second-order valence-corrected chi connectivity index (χ2v) is 9.17. The van der Waals surface area contributed by atoms with E-state index in [4.69, 9.17) is 23.7 Å². The summed E-state index contributed by atoms with van der Waals surface area (Å²) >= 11 is 0. The molecule has 0 amide bonds. The Bertz CT molecular complexity index is 879. The zero-order valence-electron chi connectivity index (χ0n) is 17.4. The zero-order valence-corrected chi connectivity index (χ0v) is 17.4. The summed E-state index contributed by atoms with van der Waals surface area (Å²) in [6.07, 6.45) is 0.758. The maximum Gasteiger partial charge on any atom is 0.209 e. The largest absolute Gasteiger partial charge is 0.493 e. The summed E-state index contributed by atoms with van der Waals surface area (Å²) in [6.45, 7) is 1.56. The van der Waals surface area contributed by atoms with Crippen LogP contribution in [-0.2, 0) is 26.0 Å². The number of benzene rings is 1. The predicted octanol–water partition coefficient (Wildman–Crippen LogP) is 0.210. The standard InChI is InChI=1S/C22H29NO7/c1-23-6-5-20-17-13-3-4-14(26-2)18(17)30-19(20)21(28-8-7-24)12-16(27-9-10-29-21)22(20,25)15(23)11-13/h3-4,15-16,19,24-25H,5-12H2,1-2H3/t15?,16?,19-,20?,21?,22+/m1/s1. The van der Waals surface area contributed by atoms with Gasteiger partial charge in [-0.3, -0.25) is 0 Å². The van der Waals surface area contributed by atoms with Gasteiger partial charge in [0.1, 0.15) is 5.60 Å². The van der Waals surface area contributed by atoms with Crippen molar-refractivity contribution in [3.05, 3.63) is 23.3 Å². The van der Waals surface area contributed by atoms with E-state index in [0.29, 0.717) is 37.6 Å². The van der Waals surface area contributed by atoms with Crippen LogP contribution in [0.3, 0.4) is 0 Å². The average molecular weight is 419 g/mol. The Morgan fingerprint density at radius 1 is 1.30 bits per heavy atom. The van der Waals surface area contributed by atoms with Crippen molar-refractivity contribution in [2.24, 2.45) is 0 Å². The minimum Gasteiger partial charge on any atom is -0.493 e. The van der Waals surface area contributed by atoms with E-state index >= 15 is 0 Å². The highest BCUT2D eigenvalue weighted by molar-refractivity contribution is 5.63. The smallest absolute Gasteiger partial charge is 0.209 e. The third-order valence-corrected chi connectivity index (χ3v) is 8.13. The number of hydrogen-bond donors (Lipinski definition) is 2. The van der Waals surface area contributed by atoms with Crippen LogP contribution in [0.25, 0.3) is 0 Å². The van der Waals surface area contributed by atoms with Crippen molar-refractivity contribution < 1.29 is 33.9 Å². The van der Waals surface area contributed by atoms with Crippen LogP contribution in [-0.4, -0.2) is 91.9 Å². The Morgan fingerprint density at radius 2 is 2.17 bits per heavy atom. The SMILES string of the molecule is COc1ccc2c3c1O[C@H]1C4(OCCO)CC(OCCO4)[C@@]4(O)C(C2)N(C)CCC314. The molecule has 4 unspecified atom stereocenters. The molecule has 0 radical (unpaired) electrons. The minimum atomic E-state index is -1.14. The second-order valence-electron chi connectivity index (χ2n) is 9.17. The number of aliphatic hydroxyl groups is 2. The third kappa shape index (κ3) is 2.03. The zero-order chi connectivity index (χ0) is 20.7. The van der Waals surface area contributed by atoms with Crippen molar-refractivity contribution in [2.45, 2.75) is 54.3 Å². The van der Waals surface area contributed by atoms with E-state index in [1.807, 2.05) is 6.07 Å². The number of aliphatic hydroxyl groups excluding tert-OH is 1. The molecule has 8 heteroatoms. The molecule has 2 saturated heterocycles. The molecule has 3 heterocycles. The number of nitrogens with zero attached hydrogens (tertiary/aromatic N) is 1. The molecule has 4 bridgehead atoms. The Hall–Kier alpha value is -1.42. The van der Waals surface area contributed by atoms with E-state index < -0.39 is 29.0 Å². The lowest BCUT2D eigenvalue weighted by atomic mass is 9.47. The average Bonchev–Trinajstić information content (AvgIpc) is 2.97. The first kappa shape index (κ1) is 19.3. The molecule has 2 aliphatic carbocycles. The summed E-state index contributed by atoms with van der Waals surface area (Å²) in [5.41, 5.74) is 0.319. The Balaban J connectivity index is 1.64. The lowest BCUT2D eigenvalue weighted by molar-refractivity contribution is -0.344. The topological polar surface area (TPSA) is 89.9 Å². The quantitative estimate of drug-likeness (QED) is 0.716. The van der Waals surface area contributed by atoms with Gasteiger partial charge in [0.25, 0.3) is 0 Å². The second kappa shape index (κ2) is 6.31. The summed E-state index contributed by atoms with van der Waals surface area (Å²) in [4.78, 5) is 2.25. The number of hydrogen-bond acceptors (Lipinski definition) is 8. The first-order valence-electron chi connectivity index (χ1n) is 10.8. The molecule has 1 aromatic carbocycles. The normalized spacial score (nSPS) is 43.5.